The van der Waals surface area contributed by atoms with Crippen molar-refractivity contribution < 1.29 is 65.0 Å². The van der Waals surface area contributed by atoms with Gasteiger partial charge in [0.2, 0.25) is 0 Å². The highest BCUT2D eigenvalue weighted by molar-refractivity contribution is 5.68. The monoisotopic (exact) mass is 402 g/mol. The highest BCUT2D eigenvalue weighted by Crippen LogP contribution is 2.14. The van der Waals surface area contributed by atoms with E-state index in [1.807, 2.05) is 0 Å². The molecule has 0 amide bonds. The van der Waals surface area contributed by atoms with Gasteiger partial charge in [-0.25, -0.2) is 4.79 Å². The van der Waals surface area contributed by atoms with E-state index >= 15 is 0 Å². The first kappa shape index (κ1) is 25.7. The summed E-state index contributed by atoms with van der Waals surface area (Å²) in [4.78, 5) is 21.7. The van der Waals surface area contributed by atoms with Crippen LogP contribution in [0, 0.1) is 0 Å². The Kier molecular flexibility index (Phi) is 12.4. The number of carbonyl (C=O) groups excluding carboxylic acids is 1. The quantitative estimate of drug-likeness (QED) is 0.116. The Balaban J connectivity index is 5.12. The van der Waals surface area contributed by atoms with Crippen LogP contribution in [0.1, 0.15) is 0 Å². The molecule has 0 bridgehead atoms. The summed E-state index contributed by atoms with van der Waals surface area (Å²) in [6, 6.07) is 0. The molecule has 13 nitrogen and oxygen atoms in total. The maximum atomic E-state index is 11.1. The number of ether oxygens (including phenoxy) is 2. The van der Waals surface area contributed by atoms with Crippen molar-refractivity contribution >= 4 is 12.3 Å². The lowest BCUT2D eigenvalue weighted by Crippen LogP contribution is -2.52. The van der Waals surface area contributed by atoms with Gasteiger partial charge in [0.15, 0.2) is 6.29 Å². The second-order valence-corrected chi connectivity index (χ2v) is 5.64. The molecule has 0 aromatic heterocycles. The lowest BCUT2D eigenvalue weighted by molar-refractivity contribution is -0.183. The number of aliphatic carboxylic acids is 1. The van der Waals surface area contributed by atoms with Crippen molar-refractivity contribution in [3.63, 3.8) is 0 Å². The van der Waals surface area contributed by atoms with Crippen LogP contribution >= 0.6 is 0 Å². The minimum Gasteiger partial charge on any atom is -0.480 e. The molecule has 0 saturated carbocycles. The van der Waals surface area contributed by atoms with Gasteiger partial charge in [0.05, 0.1) is 19.8 Å². The van der Waals surface area contributed by atoms with Gasteiger partial charge in [0.25, 0.3) is 0 Å². The molecule has 0 unspecified atom stereocenters. The third-order valence-electron chi connectivity index (χ3n) is 3.56. The minimum absolute atomic E-state index is 0.0636. The van der Waals surface area contributed by atoms with Crippen molar-refractivity contribution in [2.24, 2.45) is 0 Å². The smallest absolute Gasteiger partial charge is 0.329 e. The highest BCUT2D eigenvalue weighted by Gasteiger charge is 2.37. The van der Waals surface area contributed by atoms with E-state index in [2.05, 4.69) is 0 Å². The number of hydrogen-bond acceptors (Lipinski definition) is 12. The molecule has 0 aromatic rings. The SMILES string of the molecule is O=C[C@H](OCC(=O)O)[C@@H](OC[C@H](O)[C@@H](O)[C@H](O)[C@H](O)CO)[C@H](O)[C@H](O)CO. The van der Waals surface area contributed by atoms with E-state index in [9.17, 15) is 40.2 Å². The Morgan fingerprint density at radius 1 is 0.815 bits per heavy atom. The average Bonchev–Trinajstić information content (AvgIpc) is 2.66. The number of carboxylic acid groups (broad SMARTS) is 1. The second kappa shape index (κ2) is 13.0. The molecule has 0 fully saturated rings. The van der Waals surface area contributed by atoms with Gasteiger partial charge in [-0.15, -0.1) is 0 Å². The predicted molar refractivity (Wildman–Crippen MR) is 83.4 cm³/mol. The molecule has 13 heteroatoms. The Labute approximate surface area is 153 Å². The maximum absolute atomic E-state index is 11.1. The van der Waals surface area contributed by atoms with Crippen LogP contribution in [0.3, 0.4) is 0 Å². The van der Waals surface area contributed by atoms with E-state index < -0.39 is 81.2 Å². The van der Waals surface area contributed by atoms with Gasteiger partial charge in [-0.2, -0.15) is 0 Å². The molecule has 0 aliphatic carbocycles. The van der Waals surface area contributed by atoms with E-state index in [-0.39, 0.29) is 6.29 Å². The number of hydrogen-bond donors (Lipinski definition) is 9. The van der Waals surface area contributed by atoms with E-state index in [1.54, 1.807) is 0 Å². The van der Waals surface area contributed by atoms with Gasteiger partial charge < -0.3 is 60.2 Å². The Morgan fingerprint density at radius 3 is 1.74 bits per heavy atom. The largest absolute Gasteiger partial charge is 0.480 e. The number of aliphatic hydroxyl groups is 8. The third-order valence-corrected chi connectivity index (χ3v) is 3.56. The second-order valence-electron chi connectivity index (χ2n) is 5.64. The molecule has 0 heterocycles. The van der Waals surface area contributed by atoms with Crippen molar-refractivity contribution in [2.45, 2.75) is 48.8 Å². The number of carboxylic acids is 1. The molecule has 0 aliphatic heterocycles. The Bertz CT molecular complexity index is 433. The van der Waals surface area contributed by atoms with Crippen LogP contribution in [0.5, 0.6) is 0 Å². The number of rotatable bonds is 15. The fourth-order valence-electron chi connectivity index (χ4n) is 1.97. The van der Waals surface area contributed by atoms with Crippen molar-refractivity contribution in [3.05, 3.63) is 0 Å². The molecule has 0 rings (SSSR count). The van der Waals surface area contributed by atoms with Gasteiger partial charge in [-0.1, -0.05) is 0 Å². The predicted octanol–water partition coefficient (Wildman–Crippen LogP) is -5.81. The molecule has 0 radical (unpaired) electrons. The lowest BCUT2D eigenvalue weighted by atomic mass is 10.0. The van der Waals surface area contributed by atoms with Crippen LogP contribution in [0.25, 0.3) is 0 Å². The molecule has 0 spiro atoms. The van der Waals surface area contributed by atoms with Crippen LogP contribution in [-0.4, -0.2) is 133 Å². The molecule has 9 N–H and O–H groups in total. The topological polar surface area (TPSA) is 235 Å². The van der Waals surface area contributed by atoms with E-state index in [0.29, 0.717) is 0 Å². The van der Waals surface area contributed by atoms with Gasteiger partial charge in [-0.05, 0) is 0 Å². The summed E-state index contributed by atoms with van der Waals surface area (Å²) in [7, 11) is 0. The molecule has 8 atom stereocenters. The summed E-state index contributed by atoms with van der Waals surface area (Å²) < 4.78 is 9.74. The molecule has 0 saturated heterocycles. The van der Waals surface area contributed by atoms with Crippen LogP contribution < -0.4 is 0 Å². The summed E-state index contributed by atoms with van der Waals surface area (Å²) in [5.41, 5.74) is 0. The van der Waals surface area contributed by atoms with Crippen LogP contribution in [0.4, 0.5) is 0 Å². The van der Waals surface area contributed by atoms with Crippen molar-refractivity contribution in [2.75, 3.05) is 26.4 Å². The van der Waals surface area contributed by atoms with E-state index in [4.69, 9.17) is 24.8 Å². The summed E-state index contributed by atoms with van der Waals surface area (Å²) in [5.74, 6) is -1.45. The number of carbonyl (C=O) groups is 2. The van der Waals surface area contributed by atoms with Gasteiger partial charge in [0.1, 0.15) is 55.4 Å². The van der Waals surface area contributed by atoms with Crippen LogP contribution in [0.15, 0.2) is 0 Å². The zero-order valence-electron chi connectivity index (χ0n) is 14.2. The fourth-order valence-corrected chi connectivity index (χ4v) is 1.97. The standard InChI is InChI=1S/C14H26O13/c15-1-6(18)11(23)12(24)8(20)4-27-14(13(25)7(19)2-16)9(3-17)26-5-10(21)22/h3,6-9,11-16,18-20,23-25H,1-2,4-5H2,(H,21,22)/t6-,7-,8+,9+,11-,12-,13-,14-/m1/s1. The van der Waals surface area contributed by atoms with E-state index in [0.717, 1.165) is 0 Å². The lowest BCUT2D eigenvalue weighted by Gasteiger charge is -2.32. The number of aliphatic hydroxyl groups excluding tert-OH is 8. The molecule has 0 aliphatic rings. The molecule has 27 heavy (non-hydrogen) atoms. The zero-order chi connectivity index (χ0) is 21.1. The van der Waals surface area contributed by atoms with Crippen molar-refractivity contribution in [1.82, 2.24) is 0 Å². The minimum atomic E-state index is -2.00. The maximum Gasteiger partial charge on any atom is 0.329 e. The van der Waals surface area contributed by atoms with Gasteiger partial charge in [-0.3, -0.25) is 0 Å². The molecular weight excluding hydrogens is 376 g/mol. The zero-order valence-corrected chi connectivity index (χ0v) is 14.2. The first-order valence-corrected chi connectivity index (χ1v) is 7.81. The fraction of sp³-hybridized carbons (Fsp3) is 0.857. The summed E-state index contributed by atoms with van der Waals surface area (Å²) in [6.07, 6.45) is -14.8. The molecular formula is C14H26O13. The normalized spacial score (nSPS) is 20.7. The highest BCUT2D eigenvalue weighted by atomic mass is 16.6. The van der Waals surface area contributed by atoms with Gasteiger partial charge in [0, 0.05) is 0 Å². The summed E-state index contributed by atoms with van der Waals surface area (Å²) >= 11 is 0. The van der Waals surface area contributed by atoms with Gasteiger partial charge >= 0.3 is 5.97 Å². The van der Waals surface area contributed by atoms with Crippen molar-refractivity contribution in [3.8, 4) is 0 Å². The first-order valence-electron chi connectivity index (χ1n) is 7.81. The first-order chi connectivity index (χ1) is 12.6. The van der Waals surface area contributed by atoms with E-state index in [1.165, 1.54) is 0 Å². The molecule has 0 aromatic carbocycles. The van der Waals surface area contributed by atoms with Crippen LogP contribution in [0.2, 0.25) is 0 Å². The number of aldehydes is 1. The van der Waals surface area contributed by atoms with Crippen molar-refractivity contribution in [1.29, 1.82) is 0 Å². The summed E-state index contributed by atoms with van der Waals surface area (Å²) in [6.45, 7) is -3.68. The van der Waals surface area contributed by atoms with Crippen LogP contribution in [-0.2, 0) is 19.1 Å². The summed E-state index contributed by atoms with van der Waals surface area (Å²) in [5, 5.41) is 83.8. The molecule has 160 valence electrons. The third kappa shape index (κ3) is 8.52. The Hall–Kier alpha value is -1.26. The average molecular weight is 402 g/mol. The Morgan fingerprint density at radius 2 is 1.30 bits per heavy atom.